The molecular formula is C15H24N4O2. The number of anilines is 1. The van der Waals surface area contributed by atoms with E-state index in [2.05, 4.69) is 15.3 Å². The zero-order valence-electron chi connectivity index (χ0n) is 13.2. The predicted molar refractivity (Wildman–Crippen MR) is 82.3 cm³/mol. The number of nitrogens with one attached hydrogen (secondary N) is 1. The molecule has 0 spiro atoms. The second-order valence-electron chi connectivity index (χ2n) is 6.74. The molecular weight excluding hydrogens is 268 g/mol. The van der Waals surface area contributed by atoms with Crippen LogP contribution < -0.4 is 15.8 Å². The highest BCUT2D eigenvalue weighted by molar-refractivity contribution is 5.81. The van der Waals surface area contributed by atoms with Crippen molar-refractivity contribution >= 4 is 11.6 Å². The molecule has 6 nitrogen and oxygen atoms in total. The monoisotopic (exact) mass is 292 g/mol. The first-order valence-electron chi connectivity index (χ1n) is 7.34. The fraction of sp³-hybridized carbons (Fsp3) is 0.667. The summed E-state index contributed by atoms with van der Waals surface area (Å²) in [5, 5.41) is 7.06. The van der Waals surface area contributed by atoms with E-state index in [1.54, 1.807) is 19.3 Å². The molecule has 0 saturated carbocycles. The summed E-state index contributed by atoms with van der Waals surface area (Å²) in [7, 11) is 1.64. The lowest BCUT2D eigenvalue weighted by Crippen LogP contribution is -2.38. The quantitative estimate of drug-likeness (QED) is 0.893. The smallest absolute Gasteiger partial charge is 0.268 e. The van der Waals surface area contributed by atoms with Crippen LogP contribution >= 0.6 is 0 Å². The first-order chi connectivity index (χ1) is 9.77. The Hall–Kier alpha value is -1.85. The molecule has 0 aromatic carbocycles. The third-order valence-corrected chi connectivity index (χ3v) is 3.84. The van der Waals surface area contributed by atoms with Crippen molar-refractivity contribution in [2.24, 2.45) is 18.4 Å². The summed E-state index contributed by atoms with van der Waals surface area (Å²) < 4.78 is 1.32. The van der Waals surface area contributed by atoms with Crippen molar-refractivity contribution in [1.82, 2.24) is 15.1 Å². The lowest BCUT2D eigenvalue weighted by molar-refractivity contribution is -0.128. The first kappa shape index (κ1) is 15.5. The Morgan fingerprint density at radius 3 is 2.81 bits per heavy atom. The van der Waals surface area contributed by atoms with Gasteiger partial charge in [0.1, 0.15) is 0 Å². The minimum atomic E-state index is -0.353. The fourth-order valence-electron chi connectivity index (χ4n) is 2.37. The summed E-state index contributed by atoms with van der Waals surface area (Å²) in [6.07, 6.45) is 2.73. The van der Waals surface area contributed by atoms with Crippen LogP contribution in [-0.4, -0.2) is 35.3 Å². The van der Waals surface area contributed by atoms with Crippen LogP contribution in [0.5, 0.6) is 0 Å². The van der Waals surface area contributed by atoms with E-state index in [0.717, 1.165) is 25.2 Å². The second-order valence-corrected chi connectivity index (χ2v) is 6.74. The van der Waals surface area contributed by atoms with Crippen LogP contribution in [-0.2, 0) is 11.8 Å². The maximum atomic E-state index is 11.9. The maximum Gasteiger partial charge on any atom is 0.268 e. The lowest BCUT2D eigenvalue weighted by Gasteiger charge is -2.21. The largest absolute Gasteiger partial charge is 0.370 e. The Kier molecular flexibility index (Phi) is 4.34. The van der Waals surface area contributed by atoms with Crippen LogP contribution in [0.25, 0.3) is 0 Å². The number of hydrogen-bond donors (Lipinski definition) is 1. The Labute approximate surface area is 125 Å². The number of carbonyl (C=O) groups excluding carboxylic acids is 1. The average Bonchev–Trinajstić information content (AvgIpc) is 2.87. The zero-order valence-corrected chi connectivity index (χ0v) is 13.2. The summed E-state index contributed by atoms with van der Waals surface area (Å²) >= 11 is 0. The van der Waals surface area contributed by atoms with Crippen molar-refractivity contribution in [3.63, 3.8) is 0 Å². The van der Waals surface area contributed by atoms with Crippen molar-refractivity contribution < 1.29 is 4.79 Å². The first-order valence-corrected chi connectivity index (χ1v) is 7.34. The van der Waals surface area contributed by atoms with E-state index in [4.69, 9.17) is 0 Å². The summed E-state index contributed by atoms with van der Waals surface area (Å²) in [4.78, 5) is 25.7. The molecule has 0 radical (unpaired) electrons. The molecule has 1 saturated heterocycles. The van der Waals surface area contributed by atoms with E-state index >= 15 is 0 Å². The lowest BCUT2D eigenvalue weighted by atomic mass is 9.95. The number of hydrogen-bond acceptors (Lipinski definition) is 4. The van der Waals surface area contributed by atoms with Crippen LogP contribution in [0.15, 0.2) is 17.1 Å². The Bertz CT molecular complexity index is 574. The van der Waals surface area contributed by atoms with Gasteiger partial charge in [0.25, 0.3) is 5.56 Å². The molecule has 1 aliphatic rings. The van der Waals surface area contributed by atoms with Gasteiger partial charge in [0, 0.05) is 38.2 Å². The van der Waals surface area contributed by atoms with Crippen LogP contribution in [0, 0.1) is 11.3 Å². The Morgan fingerprint density at radius 2 is 2.19 bits per heavy atom. The molecule has 0 unspecified atom stereocenters. The number of aryl methyl sites for hydroxylation is 1. The van der Waals surface area contributed by atoms with Gasteiger partial charge in [-0.1, -0.05) is 20.8 Å². The zero-order chi connectivity index (χ0) is 15.6. The van der Waals surface area contributed by atoms with Gasteiger partial charge in [-0.3, -0.25) is 9.59 Å². The van der Waals surface area contributed by atoms with Gasteiger partial charge >= 0.3 is 0 Å². The highest BCUT2D eigenvalue weighted by atomic mass is 16.2. The Balaban J connectivity index is 1.90. The predicted octanol–water partition coefficient (Wildman–Crippen LogP) is 0.769. The summed E-state index contributed by atoms with van der Waals surface area (Å²) in [6, 6.07) is 1.61. The topological polar surface area (TPSA) is 67.2 Å². The number of rotatable bonds is 3. The van der Waals surface area contributed by atoms with E-state index in [-0.39, 0.29) is 16.9 Å². The SMILES string of the molecule is Cn1ncc(N2CC[C@@H](CNC(=O)C(C)(C)C)C2)cc1=O. The summed E-state index contributed by atoms with van der Waals surface area (Å²) in [6.45, 7) is 8.16. The molecule has 1 aromatic rings. The molecule has 1 aromatic heterocycles. The third kappa shape index (κ3) is 3.83. The molecule has 1 aliphatic heterocycles. The highest BCUT2D eigenvalue weighted by Gasteiger charge is 2.26. The van der Waals surface area contributed by atoms with Gasteiger partial charge in [-0.25, -0.2) is 4.68 Å². The van der Waals surface area contributed by atoms with Crippen LogP contribution in [0.4, 0.5) is 5.69 Å². The van der Waals surface area contributed by atoms with E-state index in [1.807, 2.05) is 20.8 Å². The van der Waals surface area contributed by atoms with Crippen LogP contribution in [0.3, 0.4) is 0 Å². The standard InChI is InChI=1S/C15H24N4O2/c1-15(2,3)14(21)16-8-11-5-6-19(10-11)12-7-13(20)18(4)17-9-12/h7,9,11H,5-6,8,10H2,1-4H3,(H,16,21)/t11-/m0/s1. The second kappa shape index (κ2) is 5.87. The molecule has 1 atom stereocenters. The molecule has 6 heteroatoms. The molecule has 21 heavy (non-hydrogen) atoms. The van der Waals surface area contributed by atoms with Gasteiger partial charge in [0.05, 0.1) is 11.9 Å². The number of amides is 1. The minimum absolute atomic E-state index is 0.0798. The third-order valence-electron chi connectivity index (χ3n) is 3.84. The van der Waals surface area contributed by atoms with Gasteiger partial charge in [-0.2, -0.15) is 5.10 Å². The molecule has 1 N–H and O–H groups in total. The number of aromatic nitrogens is 2. The van der Waals surface area contributed by atoms with Gasteiger partial charge in [0.15, 0.2) is 0 Å². The van der Waals surface area contributed by atoms with E-state index < -0.39 is 0 Å². The molecule has 1 fully saturated rings. The number of nitrogens with zero attached hydrogens (tertiary/aromatic N) is 3. The molecule has 0 bridgehead atoms. The summed E-state index contributed by atoms with van der Waals surface area (Å²) in [5.41, 5.74) is 0.410. The number of carbonyl (C=O) groups is 1. The van der Waals surface area contributed by atoms with E-state index in [9.17, 15) is 9.59 Å². The summed E-state index contributed by atoms with van der Waals surface area (Å²) in [5.74, 6) is 0.497. The Morgan fingerprint density at radius 1 is 1.48 bits per heavy atom. The van der Waals surface area contributed by atoms with E-state index in [1.165, 1.54) is 4.68 Å². The molecule has 2 rings (SSSR count). The van der Waals surface area contributed by atoms with Crippen molar-refractivity contribution in [3.05, 3.63) is 22.6 Å². The van der Waals surface area contributed by atoms with Crippen molar-refractivity contribution in [3.8, 4) is 0 Å². The highest BCUT2D eigenvalue weighted by Crippen LogP contribution is 2.22. The molecule has 116 valence electrons. The normalized spacial score (nSPS) is 18.9. The van der Waals surface area contributed by atoms with Crippen LogP contribution in [0.2, 0.25) is 0 Å². The molecule has 1 amide bonds. The van der Waals surface area contributed by atoms with Crippen LogP contribution in [0.1, 0.15) is 27.2 Å². The van der Waals surface area contributed by atoms with Crippen molar-refractivity contribution in [2.45, 2.75) is 27.2 Å². The molecule has 0 aliphatic carbocycles. The van der Waals surface area contributed by atoms with Gasteiger partial charge in [-0.15, -0.1) is 0 Å². The molecule has 2 heterocycles. The van der Waals surface area contributed by atoms with Crippen molar-refractivity contribution in [2.75, 3.05) is 24.5 Å². The van der Waals surface area contributed by atoms with Gasteiger partial charge in [-0.05, 0) is 12.3 Å². The fourth-order valence-corrected chi connectivity index (χ4v) is 2.37. The average molecular weight is 292 g/mol. The van der Waals surface area contributed by atoms with Gasteiger partial charge < -0.3 is 10.2 Å². The minimum Gasteiger partial charge on any atom is -0.370 e. The van der Waals surface area contributed by atoms with E-state index in [0.29, 0.717) is 12.5 Å². The van der Waals surface area contributed by atoms with Crippen molar-refractivity contribution in [1.29, 1.82) is 0 Å². The maximum absolute atomic E-state index is 11.9. The van der Waals surface area contributed by atoms with Gasteiger partial charge in [0.2, 0.25) is 5.91 Å².